The van der Waals surface area contributed by atoms with E-state index in [0.29, 0.717) is 47.7 Å². The van der Waals surface area contributed by atoms with E-state index in [0.717, 1.165) is 20.9 Å². The number of methoxy groups -OCH3 is 1. The molecular formula is C29H31N3O5S2. The van der Waals surface area contributed by atoms with E-state index >= 15 is 0 Å². The lowest BCUT2D eigenvalue weighted by Crippen LogP contribution is -2.34. The fraction of sp³-hybridized carbons (Fsp3) is 0.310. The molecule has 0 saturated heterocycles. The largest absolute Gasteiger partial charge is 0.465 e. The molecule has 39 heavy (non-hydrogen) atoms. The second-order valence-electron chi connectivity index (χ2n) is 9.24. The van der Waals surface area contributed by atoms with Crippen molar-refractivity contribution in [1.29, 1.82) is 0 Å². The Morgan fingerprint density at radius 3 is 2.51 bits per heavy atom. The zero-order chi connectivity index (χ0) is 28.1. The van der Waals surface area contributed by atoms with Gasteiger partial charge in [0.2, 0.25) is 11.8 Å². The highest BCUT2D eigenvalue weighted by Crippen LogP contribution is 2.38. The van der Waals surface area contributed by atoms with E-state index < -0.39 is 11.2 Å². The standard InChI is InChI=1S/C29H31N3O5S2/c1-5-23(38-21-8-6-7-20(15-21)30-26(34)19-11-9-17(2)10-12-19)27(35)31-28-25(29(36)37-4)22-13-14-32(18(3)33)16-24(22)39-28/h6-12,15,23H,5,13-14,16H2,1-4H3,(H,30,34)(H,31,35). The summed E-state index contributed by atoms with van der Waals surface area (Å²) in [4.78, 5) is 54.0. The normalized spacial score (nSPS) is 13.3. The minimum atomic E-state index is -0.503. The summed E-state index contributed by atoms with van der Waals surface area (Å²) in [6.45, 7) is 6.33. The van der Waals surface area contributed by atoms with Gasteiger partial charge in [-0.25, -0.2) is 4.79 Å². The molecule has 8 nitrogen and oxygen atoms in total. The molecular weight excluding hydrogens is 534 g/mol. The maximum absolute atomic E-state index is 13.4. The summed E-state index contributed by atoms with van der Waals surface area (Å²) in [5.74, 6) is -0.971. The Hall–Kier alpha value is -3.63. The molecule has 1 atom stereocenters. The Morgan fingerprint density at radius 1 is 1.10 bits per heavy atom. The second kappa shape index (κ2) is 12.5. The first-order valence-corrected chi connectivity index (χ1v) is 14.3. The number of ether oxygens (including phenoxy) is 1. The average Bonchev–Trinajstić information content (AvgIpc) is 3.28. The number of nitrogens with one attached hydrogen (secondary N) is 2. The van der Waals surface area contributed by atoms with Crippen LogP contribution < -0.4 is 10.6 Å². The van der Waals surface area contributed by atoms with Gasteiger partial charge in [-0.15, -0.1) is 23.1 Å². The van der Waals surface area contributed by atoms with Gasteiger partial charge in [-0.2, -0.15) is 0 Å². The lowest BCUT2D eigenvalue weighted by atomic mass is 10.0. The summed E-state index contributed by atoms with van der Waals surface area (Å²) in [5, 5.41) is 5.88. The Morgan fingerprint density at radius 2 is 1.85 bits per heavy atom. The molecule has 4 rings (SSSR count). The monoisotopic (exact) mass is 565 g/mol. The van der Waals surface area contributed by atoms with Crippen molar-refractivity contribution in [1.82, 2.24) is 4.90 Å². The number of benzene rings is 2. The van der Waals surface area contributed by atoms with Crippen molar-refractivity contribution < 1.29 is 23.9 Å². The van der Waals surface area contributed by atoms with Gasteiger partial charge in [0.1, 0.15) is 5.00 Å². The molecule has 0 saturated carbocycles. The molecule has 2 aromatic carbocycles. The van der Waals surface area contributed by atoms with Crippen LogP contribution in [-0.2, 0) is 27.3 Å². The van der Waals surface area contributed by atoms with Crippen molar-refractivity contribution in [2.75, 3.05) is 24.3 Å². The maximum atomic E-state index is 13.4. The smallest absolute Gasteiger partial charge is 0.341 e. The summed E-state index contributed by atoms with van der Waals surface area (Å²) in [6.07, 6.45) is 1.08. The summed E-state index contributed by atoms with van der Waals surface area (Å²) >= 11 is 2.70. The van der Waals surface area contributed by atoms with Crippen LogP contribution in [0, 0.1) is 6.92 Å². The Bertz CT molecular complexity index is 1400. The zero-order valence-electron chi connectivity index (χ0n) is 22.3. The van der Waals surface area contributed by atoms with Gasteiger partial charge in [0, 0.05) is 34.5 Å². The SMILES string of the molecule is CCC(Sc1cccc(NC(=O)c2ccc(C)cc2)c1)C(=O)Nc1sc2c(c1C(=O)OC)CCN(C(C)=O)C2. The number of carbonyl (C=O) groups excluding carboxylic acids is 4. The van der Waals surface area contributed by atoms with Crippen LogP contribution in [0.3, 0.4) is 0 Å². The maximum Gasteiger partial charge on any atom is 0.341 e. The molecule has 0 fully saturated rings. The van der Waals surface area contributed by atoms with Crippen LogP contribution in [-0.4, -0.2) is 47.5 Å². The fourth-order valence-electron chi connectivity index (χ4n) is 4.31. The summed E-state index contributed by atoms with van der Waals surface area (Å²) in [5.41, 5.74) is 3.48. The molecule has 204 valence electrons. The van der Waals surface area contributed by atoms with Gasteiger partial charge in [-0.3, -0.25) is 14.4 Å². The van der Waals surface area contributed by atoms with Crippen LogP contribution in [0.5, 0.6) is 0 Å². The van der Waals surface area contributed by atoms with Crippen molar-refractivity contribution in [3.63, 3.8) is 0 Å². The summed E-state index contributed by atoms with van der Waals surface area (Å²) in [6, 6.07) is 14.7. The number of hydrogen-bond donors (Lipinski definition) is 2. The summed E-state index contributed by atoms with van der Waals surface area (Å²) < 4.78 is 5.02. The van der Waals surface area contributed by atoms with Gasteiger partial charge in [0.15, 0.2) is 0 Å². The van der Waals surface area contributed by atoms with Gasteiger partial charge in [0.25, 0.3) is 5.91 Å². The third-order valence-electron chi connectivity index (χ3n) is 6.48. The first-order chi connectivity index (χ1) is 18.7. The topological polar surface area (TPSA) is 105 Å². The van der Waals surface area contributed by atoms with Gasteiger partial charge in [0.05, 0.1) is 24.5 Å². The number of carbonyl (C=O) groups is 4. The number of rotatable bonds is 8. The molecule has 2 N–H and O–H groups in total. The van der Waals surface area contributed by atoms with Crippen LogP contribution in [0.25, 0.3) is 0 Å². The molecule has 3 amide bonds. The van der Waals surface area contributed by atoms with E-state index in [2.05, 4.69) is 10.6 Å². The van der Waals surface area contributed by atoms with Crippen LogP contribution in [0.2, 0.25) is 0 Å². The lowest BCUT2D eigenvalue weighted by molar-refractivity contribution is -0.129. The Kier molecular flexibility index (Phi) is 9.08. The minimum Gasteiger partial charge on any atom is -0.465 e. The van der Waals surface area contributed by atoms with Crippen LogP contribution in [0.1, 0.15) is 57.0 Å². The van der Waals surface area contributed by atoms with E-state index in [-0.39, 0.29) is 17.7 Å². The predicted octanol–water partition coefficient (Wildman–Crippen LogP) is 5.51. The van der Waals surface area contributed by atoms with Crippen molar-refractivity contribution in [3.05, 3.63) is 75.7 Å². The predicted molar refractivity (Wildman–Crippen MR) is 155 cm³/mol. The molecule has 0 radical (unpaired) electrons. The highest BCUT2D eigenvalue weighted by Gasteiger charge is 2.31. The quantitative estimate of drug-likeness (QED) is 0.276. The van der Waals surface area contributed by atoms with Gasteiger partial charge in [-0.1, -0.05) is 30.7 Å². The molecule has 10 heteroatoms. The number of nitrogens with zero attached hydrogens (tertiary/aromatic N) is 1. The zero-order valence-corrected chi connectivity index (χ0v) is 24.0. The number of fused-ring (bicyclic) bond motifs is 1. The van der Waals surface area contributed by atoms with Crippen molar-refractivity contribution in [2.45, 2.75) is 50.3 Å². The van der Waals surface area contributed by atoms with Crippen molar-refractivity contribution in [2.24, 2.45) is 0 Å². The third kappa shape index (κ3) is 6.69. The van der Waals surface area contributed by atoms with Gasteiger partial charge in [-0.05, 0) is 55.7 Å². The molecule has 3 aromatic rings. The molecule has 1 aliphatic heterocycles. The number of thioether (sulfide) groups is 1. The fourth-order valence-corrected chi connectivity index (χ4v) is 6.58. The van der Waals surface area contributed by atoms with Crippen molar-refractivity contribution in [3.8, 4) is 0 Å². The van der Waals surface area contributed by atoms with Crippen LogP contribution >= 0.6 is 23.1 Å². The molecule has 1 aliphatic rings. The van der Waals surface area contributed by atoms with E-state index in [1.807, 2.05) is 44.2 Å². The van der Waals surface area contributed by atoms with E-state index in [9.17, 15) is 19.2 Å². The van der Waals surface area contributed by atoms with Gasteiger partial charge >= 0.3 is 5.97 Å². The average molecular weight is 566 g/mol. The van der Waals surface area contributed by atoms with Crippen LogP contribution in [0.15, 0.2) is 53.4 Å². The second-order valence-corrected chi connectivity index (χ2v) is 11.6. The molecule has 0 bridgehead atoms. The molecule has 2 heterocycles. The minimum absolute atomic E-state index is 0.0287. The van der Waals surface area contributed by atoms with Crippen LogP contribution in [0.4, 0.5) is 10.7 Å². The lowest BCUT2D eigenvalue weighted by Gasteiger charge is -2.25. The molecule has 0 spiro atoms. The Balaban J connectivity index is 1.48. The molecule has 1 unspecified atom stereocenters. The summed E-state index contributed by atoms with van der Waals surface area (Å²) in [7, 11) is 1.32. The van der Waals surface area contributed by atoms with E-state index in [4.69, 9.17) is 4.74 Å². The first kappa shape index (κ1) is 28.4. The molecule has 0 aliphatic carbocycles. The Labute approximate surface area is 236 Å². The number of aryl methyl sites for hydroxylation is 1. The van der Waals surface area contributed by atoms with E-state index in [1.54, 1.807) is 23.1 Å². The highest BCUT2D eigenvalue weighted by molar-refractivity contribution is 8.00. The van der Waals surface area contributed by atoms with Crippen molar-refractivity contribution >= 4 is 57.5 Å². The highest BCUT2D eigenvalue weighted by atomic mass is 32.2. The molecule has 1 aromatic heterocycles. The van der Waals surface area contributed by atoms with E-state index in [1.165, 1.54) is 37.1 Å². The number of hydrogen-bond acceptors (Lipinski definition) is 7. The first-order valence-electron chi connectivity index (χ1n) is 12.6. The number of amides is 3. The number of anilines is 2. The van der Waals surface area contributed by atoms with Gasteiger partial charge < -0.3 is 20.3 Å². The third-order valence-corrected chi connectivity index (χ3v) is 8.97. The number of thiophene rings is 1. The number of esters is 1.